The number of hydrogen-bond acceptors (Lipinski definition) is 4. The molecule has 0 N–H and O–H groups in total. The van der Waals surface area contributed by atoms with Gasteiger partial charge in [-0.25, -0.2) is 13.8 Å². The Balaban J connectivity index is 2.08. The predicted octanol–water partition coefficient (Wildman–Crippen LogP) is 4.60. The summed E-state index contributed by atoms with van der Waals surface area (Å²) in [6.45, 7) is 0. The first-order valence-corrected chi connectivity index (χ1v) is 9.41. The van der Waals surface area contributed by atoms with E-state index in [0.29, 0.717) is 37.7 Å². The first-order valence-electron chi connectivity index (χ1n) is 9.01. The molecule has 1 aromatic carbocycles. The molecule has 162 valence electrons. The SMILES string of the molecule is CN(C(=S)N(c1ccc(F)cc1F)C1(C=O)CCC1)c1cnc(C#N)c(C(F)(F)F)c1. The highest BCUT2D eigenvalue weighted by molar-refractivity contribution is 7.80. The van der Waals surface area contributed by atoms with Crippen LogP contribution in [0.5, 0.6) is 0 Å². The molecular formula is C20H15F5N4OS. The van der Waals surface area contributed by atoms with Gasteiger partial charge in [-0.2, -0.15) is 18.4 Å². The summed E-state index contributed by atoms with van der Waals surface area (Å²) in [5.41, 5.74) is -3.57. The molecule has 0 spiro atoms. The van der Waals surface area contributed by atoms with Crippen molar-refractivity contribution in [3.8, 4) is 6.07 Å². The fraction of sp³-hybridized carbons (Fsp3) is 0.300. The fourth-order valence-electron chi connectivity index (χ4n) is 3.33. The molecule has 31 heavy (non-hydrogen) atoms. The first-order chi connectivity index (χ1) is 14.5. The van der Waals surface area contributed by atoms with Crippen molar-refractivity contribution in [3.05, 3.63) is 53.4 Å². The van der Waals surface area contributed by atoms with Gasteiger partial charge in [-0.1, -0.05) is 0 Å². The molecule has 1 aromatic heterocycles. The quantitative estimate of drug-likeness (QED) is 0.382. The Morgan fingerprint density at radius 2 is 1.97 bits per heavy atom. The van der Waals surface area contributed by atoms with Crippen molar-refractivity contribution >= 4 is 35.0 Å². The van der Waals surface area contributed by atoms with Crippen molar-refractivity contribution in [2.75, 3.05) is 16.8 Å². The van der Waals surface area contributed by atoms with E-state index in [1.165, 1.54) is 18.0 Å². The van der Waals surface area contributed by atoms with Gasteiger partial charge in [-0.05, 0) is 49.7 Å². The van der Waals surface area contributed by atoms with Gasteiger partial charge in [0.15, 0.2) is 10.8 Å². The number of aldehydes is 1. The van der Waals surface area contributed by atoms with Crippen LogP contribution in [0.3, 0.4) is 0 Å². The van der Waals surface area contributed by atoms with Crippen molar-refractivity contribution in [1.82, 2.24) is 4.98 Å². The van der Waals surface area contributed by atoms with Crippen molar-refractivity contribution in [1.29, 1.82) is 5.26 Å². The van der Waals surface area contributed by atoms with E-state index in [1.54, 1.807) is 0 Å². The molecule has 0 saturated heterocycles. The number of anilines is 2. The minimum absolute atomic E-state index is 0.121. The van der Waals surface area contributed by atoms with Crippen molar-refractivity contribution in [3.63, 3.8) is 0 Å². The molecule has 3 rings (SSSR count). The maximum absolute atomic E-state index is 14.6. The number of aromatic nitrogens is 1. The summed E-state index contributed by atoms with van der Waals surface area (Å²) in [7, 11) is 1.33. The highest BCUT2D eigenvalue weighted by Crippen LogP contribution is 2.41. The normalized spacial score (nSPS) is 14.9. The number of halogens is 5. The molecule has 0 amide bonds. The van der Waals surface area contributed by atoms with E-state index in [2.05, 4.69) is 4.98 Å². The summed E-state index contributed by atoms with van der Waals surface area (Å²) in [6, 6.07) is 4.83. The number of benzene rings is 1. The molecule has 2 aromatic rings. The second-order valence-corrected chi connectivity index (χ2v) is 7.41. The van der Waals surface area contributed by atoms with Gasteiger partial charge in [0.25, 0.3) is 0 Å². The van der Waals surface area contributed by atoms with Gasteiger partial charge in [0.1, 0.15) is 29.5 Å². The summed E-state index contributed by atoms with van der Waals surface area (Å²) >= 11 is 5.43. The van der Waals surface area contributed by atoms with Crippen LogP contribution in [0, 0.1) is 23.0 Å². The highest BCUT2D eigenvalue weighted by Gasteiger charge is 2.46. The van der Waals surface area contributed by atoms with E-state index < -0.39 is 34.6 Å². The van der Waals surface area contributed by atoms with Gasteiger partial charge in [0.2, 0.25) is 0 Å². The molecule has 0 aliphatic heterocycles. The Labute approximate surface area is 179 Å². The Morgan fingerprint density at radius 1 is 1.29 bits per heavy atom. The molecule has 11 heteroatoms. The molecule has 0 unspecified atom stereocenters. The van der Waals surface area contributed by atoms with Crippen LogP contribution in [0.2, 0.25) is 0 Å². The number of nitriles is 1. The maximum Gasteiger partial charge on any atom is 0.419 e. The smallest absolute Gasteiger partial charge is 0.320 e. The topological polar surface area (TPSA) is 60.2 Å². The van der Waals surface area contributed by atoms with Gasteiger partial charge in [0.05, 0.1) is 23.1 Å². The number of thiocarbonyl (C=S) groups is 1. The summed E-state index contributed by atoms with van der Waals surface area (Å²) in [5, 5.41) is 8.73. The third kappa shape index (κ3) is 4.07. The summed E-state index contributed by atoms with van der Waals surface area (Å²) < 4.78 is 68.0. The lowest BCUT2D eigenvalue weighted by atomic mass is 9.76. The van der Waals surface area contributed by atoms with Crippen LogP contribution in [-0.4, -0.2) is 29.0 Å². The van der Waals surface area contributed by atoms with Gasteiger partial charge < -0.3 is 14.6 Å². The molecular weight excluding hydrogens is 439 g/mol. The average molecular weight is 454 g/mol. The summed E-state index contributed by atoms with van der Waals surface area (Å²) in [6.07, 6.45) is -1.88. The number of rotatable bonds is 4. The third-order valence-corrected chi connectivity index (χ3v) is 5.64. The van der Waals surface area contributed by atoms with E-state index in [4.69, 9.17) is 17.5 Å². The van der Waals surface area contributed by atoms with Crippen LogP contribution in [0.15, 0.2) is 30.5 Å². The number of hydrogen-bond donors (Lipinski definition) is 0. The van der Waals surface area contributed by atoms with Crippen LogP contribution in [-0.2, 0) is 11.0 Å². The summed E-state index contributed by atoms with van der Waals surface area (Å²) in [5.74, 6) is -1.81. The highest BCUT2D eigenvalue weighted by atomic mass is 32.1. The molecule has 0 bridgehead atoms. The van der Waals surface area contributed by atoms with Crippen LogP contribution < -0.4 is 9.80 Å². The number of carbonyl (C=O) groups is 1. The standard InChI is InChI=1S/C20H15F5N4OS/c1-28(13-8-14(20(23,24)25)16(9-26)27-10-13)18(31)29(19(11-30)5-2-6-19)17-4-3-12(21)7-15(17)22/h3-4,7-8,10-11H,2,5-6H2,1H3. The number of pyridine rings is 1. The molecule has 0 atom stereocenters. The van der Waals surface area contributed by atoms with E-state index in [1.807, 2.05) is 0 Å². The van der Waals surface area contributed by atoms with Gasteiger partial charge in [0, 0.05) is 13.1 Å². The zero-order valence-electron chi connectivity index (χ0n) is 16.1. The minimum atomic E-state index is -4.84. The molecule has 0 radical (unpaired) electrons. The van der Waals surface area contributed by atoms with Crippen molar-refractivity contribution in [2.24, 2.45) is 0 Å². The number of carbonyl (C=O) groups excluding carboxylic acids is 1. The second kappa shape index (κ2) is 8.19. The van der Waals surface area contributed by atoms with Gasteiger partial charge in [-0.15, -0.1) is 0 Å². The number of nitrogens with zero attached hydrogens (tertiary/aromatic N) is 4. The summed E-state index contributed by atoms with van der Waals surface area (Å²) in [4.78, 5) is 17.8. The minimum Gasteiger partial charge on any atom is -0.320 e. The van der Waals surface area contributed by atoms with Gasteiger partial charge >= 0.3 is 6.18 Å². The van der Waals surface area contributed by atoms with Crippen LogP contribution in [0.25, 0.3) is 0 Å². The van der Waals surface area contributed by atoms with Crippen molar-refractivity contribution in [2.45, 2.75) is 31.0 Å². The monoisotopic (exact) mass is 454 g/mol. The Hall–Kier alpha value is -3.13. The van der Waals surface area contributed by atoms with Crippen LogP contribution in [0.4, 0.5) is 33.3 Å². The van der Waals surface area contributed by atoms with Crippen molar-refractivity contribution < 1.29 is 26.7 Å². The van der Waals surface area contributed by atoms with Crippen LogP contribution in [0.1, 0.15) is 30.5 Å². The lowest BCUT2D eigenvalue weighted by molar-refractivity contribution is -0.138. The first kappa shape index (κ1) is 22.6. The Kier molecular flexibility index (Phi) is 5.96. The molecule has 1 aliphatic rings. The third-order valence-electron chi connectivity index (χ3n) is 5.18. The lowest BCUT2D eigenvalue weighted by Crippen LogP contribution is -2.61. The second-order valence-electron chi connectivity index (χ2n) is 7.05. The average Bonchev–Trinajstić information content (AvgIpc) is 2.69. The van der Waals surface area contributed by atoms with E-state index >= 15 is 0 Å². The van der Waals surface area contributed by atoms with Crippen LogP contribution >= 0.6 is 12.2 Å². The van der Waals surface area contributed by atoms with E-state index in [0.717, 1.165) is 23.2 Å². The molecule has 1 heterocycles. The predicted molar refractivity (Wildman–Crippen MR) is 106 cm³/mol. The molecule has 1 aliphatic carbocycles. The lowest BCUT2D eigenvalue weighted by Gasteiger charge is -2.48. The zero-order chi connectivity index (χ0) is 23.0. The molecule has 1 fully saturated rings. The maximum atomic E-state index is 14.6. The largest absolute Gasteiger partial charge is 0.419 e. The Morgan fingerprint density at radius 3 is 2.45 bits per heavy atom. The van der Waals surface area contributed by atoms with E-state index in [9.17, 15) is 26.7 Å². The van der Waals surface area contributed by atoms with E-state index in [-0.39, 0.29) is 16.5 Å². The molecule has 5 nitrogen and oxygen atoms in total. The fourth-order valence-corrected chi connectivity index (χ4v) is 3.72. The zero-order valence-corrected chi connectivity index (χ0v) is 16.9. The Bertz CT molecular complexity index is 1080. The molecule has 1 saturated carbocycles. The van der Waals surface area contributed by atoms with Gasteiger partial charge in [-0.3, -0.25) is 0 Å². The number of alkyl halides is 3.